The van der Waals surface area contributed by atoms with Crippen LogP contribution in [0.2, 0.25) is 0 Å². The second-order valence-corrected chi connectivity index (χ2v) is 8.36. The summed E-state index contributed by atoms with van der Waals surface area (Å²) in [6.07, 6.45) is -0.00333. The lowest BCUT2D eigenvalue weighted by Gasteiger charge is -2.13. The SMILES string of the molecule is COc1ccccc1SCCNCC(O)Cc1ccc(O)c2c1[nH]c1ccccc12. The molecule has 1 atom stereocenters. The van der Waals surface area contributed by atoms with Crippen LogP contribution in [0.5, 0.6) is 11.5 Å². The third-order valence-electron chi connectivity index (χ3n) is 5.17. The number of hydrogen-bond donors (Lipinski definition) is 4. The number of fused-ring (bicyclic) bond motifs is 3. The van der Waals surface area contributed by atoms with Crippen molar-refractivity contribution in [2.45, 2.75) is 17.4 Å². The lowest BCUT2D eigenvalue weighted by molar-refractivity contribution is 0.173. The molecule has 0 spiro atoms. The number of phenolic OH excluding ortho intramolecular Hbond substituents is 1. The normalized spacial score (nSPS) is 12.5. The van der Waals surface area contributed by atoms with Gasteiger partial charge in [-0.25, -0.2) is 0 Å². The number of methoxy groups -OCH3 is 1. The number of aromatic hydroxyl groups is 1. The number of rotatable bonds is 9. The summed E-state index contributed by atoms with van der Waals surface area (Å²) in [7, 11) is 1.68. The molecule has 5 nitrogen and oxygen atoms in total. The maximum absolute atomic E-state index is 10.5. The molecule has 3 aromatic carbocycles. The minimum Gasteiger partial charge on any atom is -0.507 e. The predicted molar refractivity (Wildman–Crippen MR) is 124 cm³/mol. The molecule has 4 rings (SSSR count). The van der Waals surface area contributed by atoms with E-state index in [1.165, 1.54) is 0 Å². The summed E-state index contributed by atoms with van der Waals surface area (Å²) in [5.41, 5.74) is 2.87. The van der Waals surface area contributed by atoms with E-state index in [-0.39, 0.29) is 5.75 Å². The molecule has 0 aliphatic rings. The Labute approximate surface area is 180 Å². The van der Waals surface area contributed by atoms with E-state index in [9.17, 15) is 10.2 Å². The van der Waals surface area contributed by atoms with Crippen LogP contribution in [0.1, 0.15) is 5.56 Å². The summed E-state index contributed by atoms with van der Waals surface area (Å²) < 4.78 is 5.37. The molecule has 1 heterocycles. The molecule has 6 heteroatoms. The Balaban J connectivity index is 1.34. The van der Waals surface area contributed by atoms with Crippen molar-refractivity contribution >= 4 is 33.6 Å². The zero-order chi connectivity index (χ0) is 20.9. The first-order valence-electron chi connectivity index (χ1n) is 10.0. The Morgan fingerprint density at radius 1 is 1.07 bits per heavy atom. The monoisotopic (exact) mass is 422 g/mol. The highest BCUT2D eigenvalue weighted by atomic mass is 32.2. The number of ether oxygens (including phenoxy) is 1. The van der Waals surface area contributed by atoms with Crippen molar-refractivity contribution in [3.05, 3.63) is 66.2 Å². The van der Waals surface area contributed by atoms with Gasteiger partial charge in [0.1, 0.15) is 11.5 Å². The van der Waals surface area contributed by atoms with Crippen LogP contribution >= 0.6 is 11.8 Å². The van der Waals surface area contributed by atoms with Gasteiger partial charge in [0, 0.05) is 46.4 Å². The van der Waals surface area contributed by atoms with Gasteiger partial charge in [0.25, 0.3) is 0 Å². The average Bonchev–Trinajstić information content (AvgIpc) is 3.16. The minimum absolute atomic E-state index is 0.257. The van der Waals surface area contributed by atoms with Crippen LogP contribution in [-0.2, 0) is 6.42 Å². The number of hydrogen-bond acceptors (Lipinski definition) is 5. The van der Waals surface area contributed by atoms with Gasteiger partial charge in [0.2, 0.25) is 0 Å². The maximum atomic E-state index is 10.5. The second-order valence-electron chi connectivity index (χ2n) is 7.23. The molecular formula is C24H26N2O3S. The third kappa shape index (κ3) is 4.41. The van der Waals surface area contributed by atoms with Gasteiger partial charge in [-0.05, 0) is 29.8 Å². The number of benzene rings is 3. The Kier molecular flexibility index (Phi) is 6.47. The largest absolute Gasteiger partial charge is 0.507 e. The topological polar surface area (TPSA) is 77.5 Å². The summed E-state index contributed by atoms with van der Waals surface area (Å²) in [5.74, 6) is 2.03. The lowest BCUT2D eigenvalue weighted by atomic mass is 10.0. The van der Waals surface area contributed by atoms with E-state index in [1.54, 1.807) is 24.9 Å². The van der Waals surface area contributed by atoms with Crippen LogP contribution in [0, 0.1) is 0 Å². The number of phenols is 1. The Morgan fingerprint density at radius 3 is 2.73 bits per heavy atom. The van der Waals surface area contributed by atoms with Gasteiger partial charge in [-0.2, -0.15) is 0 Å². The molecule has 0 aliphatic carbocycles. The zero-order valence-electron chi connectivity index (χ0n) is 16.9. The van der Waals surface area contributed by atoms with Crippen LogP contribution in [0.15, 0.2) is 65.6 Å². The molecule has 0 saturated heterocycles. The van der Waals surface area contributed by atoms with Crippen LogP contribution in [-0.4, -0.2) is 47.3 Å². The first kappa shape index (κ1) is 20.6. The van der Waals surface area contributed by atoms with Gasteiger partial charge in [0.05, 0.1) is 18.7 Å². The maximum Gasteiger partial charge on any atom is 0.132 e. The van der Waals surface area contributed by atoms with E-state index in [0.717, 1.165) is 50.3 Å². The number of aliphatic hydroxyl groups is 1. The molecule has 0 bridgehead atoms. The first-order valence-corrected chi connectivity index (χ1v) is 11.0. The first-order chi connectivity index (χ1) is 14.7. The Morgan fingerprint density at radius 2 is 1.87 bits per heavy atom. The van der Waals surface area contributed by atoms with Gasteiger partial charge >= 0.3 is 0 Å². The van der Waals surface area contributed by atoms with Gasteiger partial charge in [-0.3, -0.25) is 0 Å². The summed E-state index contributed by atoms with van der Waals surface area (Å²) in [6, 6.07) is 19.5. The van der Waals surface area contributed by atoms with Crippen molar-refractivity contribution < 1.29 is 14.9 Å². The van der Waals surface area contributed by atoms with Gasteiger partial charge in [-0.1, -0.05) is 36.4 Å². The second kappa shape index (κ2) is 9.43. The number of H-pyrrole nitrogens is 1. The Bertz CT molecular complexity index is 1140. The van der Waals surface area contributed by atoms with Crippen LogP contribution in [0.3, 0.4) is 0 Å². The van der Waals surface area contributed by atoms with E-state index < -0.39 is 6.10 Å². The van der Waals surface area contributed by atoms with E-state index in [4.69, 9.17) is 4.74 Å². The van der Waals surface area contributed by atoms with Crippen LogP contribution in [0.4, 0.5) is 0 Å². The minimum atomic E-state index is -0.514. The number of para-hydroxylation sites is 2. The fraction of sp³-hybridized carbons (Fsp3) is 0.250. The third-order valence-corrected chi connectivity index (χ3v) is 6.22. The lowest BCUT2D eigenvalue weighted by Crippen LogP contribution is -2.30. The molecule has 156 valence electrons. The van der Waals surface area contributed by atoms with Gasteiger partial charge in [0.15, 0.2) is 0 Å². The van der Waals surface area contributed by atoms with E-state index in [0.29, 0.717) is 13.0 Å². The molecule has 4 N–H and O–H groups in total. The van der Waals surface area contributed by atoms with Crippen molar-refractivity contribution in [2.24, 2.45) is 0 Å². The number of aromatic amines is 1. The zero-order valence-corrected chi connectivity index (χ0v) is 17.7. The van der Waals surface area contributed by atoms with E-state index in [2.05, 4.69) is 16.4 Å². The van der Waals surface area contributed by atoms with E-state index >= 15 is 0 Å². The number of aliphatic hydroxyl groups excluding tert-OH is 1. The highest BCUT2D eigenvalue weighted by Crippen LogP contribution is 2.34. The number of aromatic nitrogens is 1. The van der Waals surface area contributed by atoms with Crippen molar-refractivity contribution in [3.8, 4) is 11.5 Å². The highest BCUT2D eigenvalue weighted by Gasteiger charge is 2.14. The van der Waals surface area contributed by atoms with Crippen LogP contribution in [0.25, 0.3) is 21.8 Å². The fourth-order valence-electron chi connectivity index (χ4n) is 3.73. The standard InChI is InChI=1S/C24H26N2O3S/c1-29-21-8-4-5-9-22(21)30-13-12-25-15-17(27)14-16-10-11-20(28)23-18-6-2-3-7-19(18)26-24(16)23/h2-11,17,25-28H,12-15H2,1H3. The molecule has 1 aromatic heterocycles. The fourth-order valence-corrected chi connectivity index (χ4v) is 4.67. The summed E-state index contributed by atoms with van der Waals surface area (Å²) in [5, 5.41) is 26.0. The molecular weight excluding hydrogens is 396 g/mol. The highest BCUT2D eigenvalue weighted by molar-refractivity contribution is 7.99. The van der Waals surface area contributed by atoms with Gasteiger partial charge < -0.3 is 25.3 Å². The molecule has 1 unspecified atom stereocenters. The molecule has 0 aliphatic heterocycles. The molecule has 30 heavy (non-hydrogen) atoms. The van der Waals surface area contributed by atoms with E-state index in [1.807, 2.05) is 48.5 Å². The molecule has 0 fully saturated rings. The van der Waals surface area contributed by atoms with Crippen molar-refractivity contribution in [1.29, 1.82) is 0 Å². The van der Waals surface area contributed by atoms with Crippen molar-refractivity contribution in [3.63, 3.8) is 0 Å². The van der Waals surface area contributed by atoms with Crippen molar-refractivity contribution in [1.82, 2.24) is 10.3 Å². The average molecular weight is 423 g/mol. The quantitative estimate of drug-likeness (QED) is 0.239. The molecule has 4 aromatic rings. The Hall–Kier alpha value is -2.67. The predicted octanol–water partition coefficient (Wildman–Crippen LogP) is 4.32. The smallest absolute Gasteiger partial charge is 0.132 e. The number of nitrogens with one attached hydrogen (secondary N) is 2. The summed E-state index contributed by atoms with van der Waals surface area (Å²) in [6.45, 7) is 1.30. The summed E-state index contributed by atoms with van der Waals surface area (Å²) in [4.78, 5) is 4.51. The van der Waals surface area contributed by atoms with Crippen molar-refractivity contribution in [2.75, 3.05) is 26.0 Å². The molecule has 0 saturated carbocycles. The van der Waals surface area contributed by atoms with Gasteiger partial charge in [-0.15, -0.1) is 11.8 Å². The molecule has 0 amide bonds. The summed E-state index contributed by atoms with van der Waals surface area (Å²) >= 11 is 1.73. The molecule has 0 radical (unpaired) electrons. The number of thioether (sulfide) groups is 1. The van der Waals surface area contributed by atoms with Crippen LogP contribution < -0.4 is 10.1 Å².